The Kier molecular flexibility index (Phi) is 2.67. The van der Waals surface area contributed by atoms with E-state index in [-0.39, 0.29) is 35.0 Å². The van der Waals surface area contributed by atoms with E-state index < -0.39 is 5.60 Å². The van der Waals surface area contributed by atoms with Gasteiger partial charge in [-0.15, -0.1) is 0 Å². The minimum absolute atomic E-state index is 0.133. The van der Waals surface area contributed by atoms with Gasteiger partial charge in [-0.2, -0.15) is 0 Å². The van der Waals surface area contributed by atoms with Crippen molar-refractivity contribution in [1.29, 1.82) is 0 Å². The van der Waals surface area contributed by atoms with Gasteiger partial charge in [-0.1, -0.05) is 30.3 Å². The van der Waals surface area contributed by atoms with Crippen molar-refractivity contribution < 1.29 is 19.7 Å². The van der Waals surface area contributed by atoms with Gasteiger partial charge in [0.2, 0.25) is 0 Å². The molecule has 0 aliphatic carbocycles. The molecule has 0 saturated heterocycles. The van der Waals surface area contributed by atoms with E-state index in [1.807, 2.05) is 37.3 Å². The molecule has 0 amide bonds. The van der Waals surface area contributed by atoms with Crippen LogP contribution >= 0.6 is 0 Å². The van der Waals surface area contributed by atoms with E-state index in [0.29, 0.717) is 0 Å². The van der Waals surface area contributed by atoms with Gasteiger partial charge < -0.3 is 14.9 Å². The Morgan fingerprint density at radius 3 is 2.55 bits per heavy atom. The number of carbonyl (C=O) groups is 1. The molecular weight excluding hydrogens is 256 g/mol. The van der Waals surface area contributed by atoms with Crippen molar-refractivity contribution in [3.8, 4) is 17.2 Å². The number of phenols is 2. The quantitative estimate of drug-likeness (QED) is 0.836. The minimum Gasteiger partial charge on any atom is -0.508 e. The SMILES string of the molecule is CC1(c2ccccc2)CC(=O)c2c(O)cc(O)cc2O1. The first-order chi connectivity index (χ1) is 9.49. The van der Waals surface area contributed by atoms with E-state index in [9.17, 15) is 15.0 Å². The summed E-state index contributed by atoms with van der Waals surface area (Å²) in [6.45, 7) is 1.82. The van der Waals surface area contributed by atoms with Crippen molar-refractivity contribution in [2.24, 2.45) is 0 Å². The van der Waals surface area contributed by atoms with Crippen LogP contribution in [0.15, 0.2) is 42.5 Å². The van der Waals surface area contributed by atoms with E-state index in [2.05, 4.69) is 0 Å². The van der Waals surface area contributed by atoms with Gasteiger partial charge in [0.15, 0.2) is 5.78 Å². The van der Waals surface area contributed by atoms with E-state index in [1.165, 1.54) is 6.07 Å². The van der Waals surface area contributed by atoms with Gasteiger partial charge >= 0.3 is 0 Å². The maximum absolute atomic E-state index is 12.3. The highest BCUT2D eigenvalue weighted by Gasteiger charge is 2.39. The number of carbonyl (C=O) groups excluding carboxylic acids is 1. The molecule has 1 unspecified atom stereocenters. The molecule has 2 aromatic rings. The fourth-order valence-corrected chi connectivity index (χ4v) is 2.57. The molecule has 0 saturated carbocycles. The molecule has 4 nitrogen and oxygen atoms in total. The molecule has 0 fully saturated rings. The molecule has 1 atom stereocenters. The molecule has 20 heavy (non-hydrogen) atoms. The van der Waals surface area contributed by atoms with Crippen LogP contribution in [0.3, 0.4) is 0 Å². The summed E-state index contributed by atoms with van der Waals surface area (Å²) in [4.78, 5) is 12.3. The number of ketones is 1. The molecule has 3 rings (SSSR count). The smallest absolute Gasteiger partial charge is 0.174 e. The Morgan fingerprint density at radius 2 is 1.85 bits per heavy atom. The van der Waals surface area contributed by atoms with Gasteiger partial charge in [0.25, 0.3) is 0 Å². The number of hydrogen-bond donors (Lipinski definition) is 2. The Balaban J connectivity index is 2.11. The van der Waals surface area contributed by atoms with Crippen LogP contribution in [0, 0.1) is 0 Å². The van der Waals surface area contributed by atoms with Crippen molar-refractivity contribution in [3.05, 3.63) is 53.6 Å². The predicted octanol–water partition coefficient (Wildman–Crippen LogP) is 2.98. The molecule has 1 heterocycles. The lowest BCUT2D eigenvalue weighted by Crippen LogP contribution is -2.36. The lowest BCUT2D eigenvalue weighted by molar-refractivity contribution is 0.0496. The first-order valence-electron chi connectivity index (χ1n) is 6.33. The molecule has 0 bridgehead atoms. The second-order valence-electron chi connectivity index (χ2n) is 5.14. The topological polar surface area (TPSA) is 66.8 Å². The number of Topliss-reactive ketones (excluding diaryl/α,β-unsaturated/α-hetero) is 1. The van der Waals surface area contributed by atoms with Crippen LogP contribution in [0.4, 0.5) is 0 Å². The van der Waals surface area contributed by atoms with Crippen LogP contribution < -0.4 is 4.74 Å². The summed E-state index contributed by atoms with van der Waals surface area (Å²) in [5, 5.41) is 19.3. The highest BCUT2D eigenvalue weighted by molar-refractivity contribution is 6.03. The number of hydrogen-bond acceptors (Lipinski definition) is 4. The van der Waals surface area contributed by atoms with Crippen molar-refractivity contribution in [2.75, 3.05) is 0 Å². The fourth-order valence-electron chi connectivity index (χ4n) is 2.57. The summed E-state index contributed by atoms with van der Waals surface area (Å²) < 4.78 is 5.90. The number of phenolic OH excluding ortho intramolecular Hbond substituents is 2. The van der Waals surface area contributed by atoms with Crippen LogP contribution in [0.1, 0.15) is 29.3 Å². The van der Waals surface area contributed by atoms with E-state index in [4.69, 9.17) is 4.74 Å². The predicted molar refractivity (Wildman–Crippen MR) is 73.1 cm³/mol. The van der Waals surface area contributed by atoms with Gasteiger partial charge in [-0.3, -0.25) is 4.79 Å². The summed E-state index contributed by atoms with van der Waals surface area (Å²) in [7, 11) is 0. The maximum atomic E-state index is 12.3. The standard InChI is InChI=1S/C16H14O4/c1-16(10-5-3-2-4-6-10)9-13(19)15-12(18)7-11(17)8-14(15)20-16/h2-8,17-18H,9H2,1H3. The summed E-state index contributed by atoms with van der Waals surface area (Å²) >= 11 is 0. The lowest BCUT2D eigenvalue weighted by atomic mass is 9.85. The summed E-state index contributed by atoms with van der Waals surface area (Å²) in [5.74, 6) is -0.369. The summed E-state index contributed by atoms with van der Waals surface area (Å²) in [5.41, 5.74) is 0.212. The third-order valence-electron chi connectivity index (χ3n) is 3.56. The largest absolute Gasteiger partial charge is 0.508 e. The zero-order valence-electron chi connectivity index (χ0n) is 11.0. The Labute approximate surface area is 116 Å². The van der Waals surface area contributed by atoms with Crippen molar-refractivity contribution in [3.63, 3.8) is 0 Å². The van der Waals surface area contributed by atoms with Gasteiger partial charge in [-0.05, 0) is 12.5 Å². The molecule has 102 valence electrons. The fraction of sp³-hybridized carbons (Fsp3) is 0.188. The monoisotopic (exact) mass is 270 g/mol. The number of aromatic hydroxyl groups is 2. The van der Waals surface area contributed by atoms with Crippen molar-refractivity contribution in [1.82, 2.24) is 0 Å². The normalized spacial score (nSPS) is 21.1. The summed E-state index contributed by atoms with van der Waals surface area (Å²) in [6.07, 6.45) is 0.141. The Hall–Kier alpha value is -2.49. The molecule has 2 N–H and O–H groups in total. The number of rotatable bonds is 1. The zero-order chi connectivity index (χ0) is 14.3. The van der Waals surface area contributed by atoms with Crippen LogP contribution in [-0.4, -0.2) is 16.0 Å². The molecule has 1 aliphatic rings. The maximum Gasteiger partial charge on any atom is 0.174 e. The Morgan fingerprint density at radius 1 is 1.15 bits per heavy atom. The van der Waals surface area contributed by atoms with Crippen molar-refractivity contribution in [2.45, 2.75) is 18.9 Å². The molecule has 0 spiro atoms. The zero-order valence-corrected chi connectivity index (χ0v) is 11.0. The minimum atomic E-state index is -0.800. The second kappa shape index (κ2) is 4.27. The highest BCUT2D eigenvalue weighted by atomic mass is 16.5. The van der Waals surface area contributed by atoms with Gasteiger partial charge in [0, 0.05) is 12.1 Å². The van der Waals surface area contributed by atoms with Gasteiger partial charge in [0.05, 0.1) is 6.42 Å². The first kappa shape index (κ1) is 12.5. The highest BCUT2D eigenvalue weighted by Crippen LogP contribution is 2.44. The second-order valence-corrected chi connectivity index (χ2v) is 5.14. The third-order valence-corrected chi connectivity index (χ3v) is 3.56. The van der Waals surface area contributed by atoms with E-state index in [0.717, 1.165) is 11.6 Å². The molecule has 0 radical (unpaired) electrons. The average Bonchev–Trinajstić information content (AvgIpc) is 2.38. The molecular formula is C16H14O4. The first-order valence-corrected chi connectivity index (χ1v) is 6.33. The molecule has 2 aromatic carbocycles. The molecule has 4 heteroatoms. The van der Waals surface area contributed by atoms with Crippen LogP contribution in [0.5, 0.6) is 17.2 Å². The van der Waals surface area contributed by atoms with Crippen molar-refractivity contribution >= 4 is 5.78 Å². The lowest BCUT2D eigenvalue weighted by Gasteiger charge is -2.35. The Bertz CT molecular complexity index is 678. The van der Waals surface area contributed by atoms with Crippen LogP contribution in [0.2, 0.25) is 0 Å². The van der Waals surface area contributed by atoms with Gasteiger partial charge in [0.1, 0.15) is 28.4 Å². The number of fused-ring (bicyclic) bond motifs is 1. The number of benzene rings is 2. The third kappa shape index (κ3) is 1.90. The van der Waals surface area contributed by atoms with Crippen LogP contribution in [-0.2, 0) is 5.60 Å². The number of ether oxygens (including phenoxy) is 1. The van der Waals surface area contributed by atoms with Crippen LogP contribution in [0.25, 0.3) is 0 Å². The van der Waals surface area contributed by atoms with Gasteiger partial charge in [-0.25, -0.2) is 0 Å². The molecule has 1 aliphatic heterocycles. The van der Waals surface area contributed by atoms with E-state index in [1.54, 1.807) is 0 Å². The molecule has 0 aromatic heterocycles. The summed E-state index contributed by atoms with van der Waals surface area (Å²) in [6, 6.07) is 11.9. The average molecular weight is 270 g/mol. The van der Waals surface area contributed by atoms with E-state index >= 15 is 0 Å².